The Balaban J connectivity index is 1.73. The standard InChI is InChI=1S/C17H19N3O3/c1-10-6-13(11(2)23-10)17(3,22)8-18-16(21)12-4-5-14-15(7-12)20-9-19-14/h4-7,9,22H,8H2,1-3H3,(H,18,21)(H,19,20). The van der Waals surface area contributed by atoms with E-state index in [0.717, 1.165) is 16.8 Å². The molecule has 6 nitrogen and oxygen atoms in total. The lowest BCUT2D eigenvalue weighted by atomic mass is 9.96. The van der Waals surface area contributed by atoms with E-state index in [0.29, 0.717) is 16.9 Å². The summed E-state index contributed by atoms with van der Waals surface area (Å²) in [4.78, 5) is 19.4. The van der Waals surface area contributed by atoms with Crippen LogP contribution in [0.4, 0.5) is 0 Å². The van der Waals surface area contributed by atoms with Crippen LogP contribution in [-0.2, 0) is 5.60 Å². The van der Waals surface area contributed by atoms with Gasteiger partial charge in [0.15, 0.2) is 0 Å². The van der Waals surface area contributed by atoms with Crippen molar-refractivity contribution >= 4 is 16.9 Å². The average Bonchev–Trinajstić information content (AvgIpc) is 3.10. The Hall–Kier alpha value is -2.60. The molecule has 3 rings (SSSR count). The van der Waals surface area contributed by atoms with Crippen LogP contribution in [0, 0.1) is 13.8 Å². The van der Waals surface area contributed by atoms with Crippen LogP contribution in [0.2, 0.25) is 0 Å². The van der Waals surface area contributed by atoms with E-state index in [4.69, 9.17) is 4.42 Å². The minimum absolute atomic E-state index is 0.0899. The molecule has 0 fully saturated rings. The van der Waals surface area contributed by atoms with Crippen molar-refractivity contribution in [1.82, 2.24) is 15.3 Å². The molecule has 0 saturated heterocycles. The number of H-pyrrole nitrogens is 1. The van der Waals surface area contributed by atoms with E-state index in [2.05, 4.69) is 15.3 Å². The van der Waals surface area contributed by atoms with E-state index >= 15 is 0 Å². The number of amides is 1. The van der Waals surface area contributed by atoms with E-state index in [1.54, 1.807) is 44.4 Å². The first-order valence-corrected chi connectivity index (χ1v) is 7.38. The van der Waals surface area contributed by atoms with E-state index in [-0.39, 0.29) is 12.5 Å². The van der Waals surface area contributed by atoms with Crippen LogP contribution in [-0.4, -0.2) is 27.5 Å². The van der Waals surface area contributed by atoms with Gasteiger partial charge in [-0.05, 0) is 45.0 Å². The number of imidazole rings is 1. The zero-order chi connectivity index (χ0) is 16.6. The molecule has 6 heteroatoms. The van der Waals surface area contributed by atoms with Crippen LogP contribution in [0.25, 0.3) is 11.0 Å². The van der Waals surface area contributed by atoms with Crippen molar-refractivity contribution in [2.24, 2.45) is 0 Å². The summed E-state index contributed by atoms with van der Waals surface area (Å²) in [5.74, 6) is 1.13. The maximum absolute atomic E-state index is 12.3. The van der Waals surface area contributed by atoms with Crippen molar-refractivity contribution in [3.8, 4) is 0 Å². The number of aryl methyl sites for hydroxylation is 2. The summed E-state index contributed by atoms with van der Waals surface area (Å²) in [6.07, 6.45) is 1.58. The summed E-state index contributed by atoms with van der Waals surface area (Å²) in [7, 11) is 0. The third kappa shape index (κ3) is 2.98. The lowest BCUT2D eigenvalue weighted by Crippen LogP contribution is -2.38. The van der Waals surface area contributed by atoms with Gasteiger partial charge < -0.3 is 19.8 Å². The topological polar surface area (TPSA) is 91.1 Å². The second-order valence-electron chi connectivity index (χ2n) is 5.92. The molecule has 0 aliphatic carbocycles. The van der Waals surface area contributed by atoms with Crippen molar-refractivity contribution in [3.05, 3.63) is 53.2 Å². The van der Waals surface area contributed by atoms with Crippen molar-refractivity contribution in [2.45, 2.75) is 26.4 Å². The van der Waals surface area contributed by atoms with Crippen LogP contribution in [0.1, 0.15) is 34.4 Å². The molecule has 0 radical (unpaired) electrons. The Morgan fingerprint density at radius 1 is 1.39 bits per heavy atom. The normalized spacial score (nSPS) is 13.9. The molecule has 2 aromatic heterocycles. The predicted molar refractivity (Wildman–Crippen MR) is 86.2 cm³/mol. The molecule has 3 N–H and O–H groups in total. The molecule has 1 atom stereocenters. The zero-order valence-corrected chi connectivity index (χ0v) is 13.3. The SMILES string of the molecule is Cc1cc(C(C)(O)CNC(=O)c2ccc3nc[nH]c3c2)c(C)o1. The van der Waals surface area contributed by atoms with Gasteiger partial charge in [0.25, 0.3) is 5.91 Å². The number of aliphatic hydroxyl groups is 1. The number of hydrogen-bond donors (Lipinski definition) is 3. The first kappa shape index (κ1) is 15.3. The molecule has 0 bridgehead atoms. The fraction of sp³-hybridized carbons (Fsp3) is 0.294. The molecule has 120 valence electrons. The van der Waals surface area contributed by atoms with Gasteiger partial charge in [-0.15, -0.1) is 0 Å². The molecule has 1 aromatic carbocycles. The van der Waals surface area contributed by atoms with Crippen molar-refractivity contribution in [1.29, 1.82) is 0 Å². The van der Waals surface area contributed by atoms with Crippen LogP contribution >= 0.6 is 0 Å². The van der Waals surface area contributed by atoms with E-state index in [1.165, 1.54) is 0 Å². The predicted octanol–water partition coefficient (Wildman–Crippen LogP) is 2.41. The smallest absolute Gasteiger partial charge is 0.251 e. The lowest BCUT2D eigenvalue weighted by Gasteiger charge is -2.23. The first-order valence-electron chi connectivity index (χ1n) is 7.38. The Morgan fingerprint density at radius 2 is 2.17 bits per heavy atom. The van der Waals surface area contributed by atoms with Gasteiger partial charge in [0.1, 0.15) is 17.1 Å². The van der Waals surface area contributed by atoms with Crippen LogP contribution in [0.3, 0.4) is 0 Å². The largest absolute Gasteiger partial charge is 0.466 e. The highest BCUT2D eigenvalue weighted by Crippen LogP contribution is 2.26. The summed E-state index contributed by atoms with van der Waals surface area (Å²) in [6.45, 7) is 5.37. The number of carbonyl (C=O) groups excluding carboxylic acids is 1. The van der Waals surface area contributed by atoms with Gasteiger partial charge in [-0.1, -0.05) is 0 Å². The third-order valence-electron chi connectivity index (χ3n) is 3.90. The fourth-order valence-electron chi connectivity index (χ4n) is 2.69. The van der Waals surface area contributed by atoms with Gasteiger partial charge in [-0.3, -0.25) is 4.79 Å². The average molecular weight is 313 g/mol. The Kier molecular flexibility index (Phi) is 3.69. The number of rotatable bonds is 4. The second kappa shape index (κ2) is 5.55. The number of carbonyl (C=O) groups is 1. The van der Waals surface area contributed by atoms with E-state index < -0.39 is 5.60 Å². The van der Waals surface area contributed by atoms with Crippen molar-refractivity contribution < 1.29 is 14.3 Å². The molecule has 1 unspecified atom stereocenters. The molecule has 0 spiro atoms. The summed E-state index contributed by atoms with van der Waals surface area (Å²) >= 11 is 0. The number of fused-ring (bicyclic) bond motifs is 1. The summed E-state index contributed by atoms with van der Waals surface area (Å²) in [5, 5.41) is 13.4. The third-order valence-corrected chi connectivity index (χ3v) is 3.90. The molecule has 1 amide bonds. The molecular formula is C17H19N3O3. The zero-order valence-electron chi connectivity index (χ0n) is 13.3. The van der Waals surface area contributed by atoms with Crippen LogP contribution in [0.15, 0.2) is 35.0 Å². The molecule has 0 aliphatic rings. The van der Waals surface area contributed by atoms with Gasteiger partial charge in [-0.2, -0.15) is 0 Å². The highest BCUT2D eigenvalue weighted by molar-refractivity contribution is 5.97. The second-order valence-corrected chi connectivity index (χ2v) is 5.92. The van der Waals surface area contributed by atoms with Gasteiger partial charge in [0.2, 0.25) is 0 Å². The first-order chi connectivity index (χ1) is 10.9. The Bertz CT molecular complexity index is 861. The number of furan rings is 1. The number of benzene rings is 1. The monoisotopic (exact) mass is 313 g/mol. The van der Waals surface area contributed by atoms with Gasteiger partial charge in [-0.25, -0.2) is 4.98 Å². The minimum atomic E-state index is -1.20. The molecular weight excluding hydrogens is 294 g/mol. The minimum Gasteiger partial charge on any atom is -0.466 e. The molecule has 0 aliphatic heterocycles. The highest BCUT2D eigenvalue weighted by atomic mass is 16.3. The van der Waals surface area contributed by atoms with E-state index in [1.807, 2.05) is 6.92 Å². The Labute approximate surface area is 133 Å². The number of nitrogens with zero attached hydrogens (tertiary/aromatic N) is 1. The molecule has 23 heavy (non-hydrogen) atoms. The maximum Gasteiger partial charge on any atom is 0.251 e. The summed E-state index contributed by atoms with van der Waals surface area (Å²) in [6, 6.07) is 7.01. The Morgan fingerprint density at radius 3 is 2.87 bits per heavy atom. The maximum atomic E-state index is 12.3. The summed E-state index contributed by atoms with van der Waals surface area (Å²) in [5.41, 5.74) is 1.59. The number of hydrogen-bond acceptors (Lipinski definition) is 4. The molecule has 2 heterocycles. The van der Waals surface area contributed by atoms with Crippen molar-refractivity contribution in [3.63, 3.8) is 0 Å². The lowest BCUT2D eigenvalue weighted by molar-refractivity contribution is 0.0514. The van der Waals surface area contributed by atoms with Gasteiger partial charge in [0, 0.05) is 11.1 Å². The molecule has 0 saturated carbocycles. The number of aromatic nitrogens is 2. The fourth-order valence-corrected chi connectivity index (χ4v) is 2.69. The van der Waals surface area contributed by atoms with E-state index in [9.17, 15) is 9.90 Å². The van der Waals surface area contributed by atoms with Crippen LogP contribution < -0.4 is 5.32 Å². The number of aromatic amines is 1. The summed E-state index contributed by atoms with van der Waals surface area (Å²) < 4.78 is 5.45. The molecule has 3 aromatic rings. The van der Waals surface area contributed by atoms with Crippen molar-refractivity contribution in [2.75, 3.05) is 6.54 Å². The van der Waals surface area contributed by atoms with Gasteiger partial charge in [0.05, 0.1) is 23.9 Å². The number of nitrogens with one attached hydrogen (secondary N) is 2. The van der Waals surface area contributed by atoms with Gasteiger partial charge >= 0.3 is 0 Å². The van der Waals surface area contributed by atoms with Crippen LogP contribution in [0.5, 0.6) is 0 Å². The quantitative estimate of drug-likeness (QED) is 0.690. The highest BCUT2D eigenvalue weighted by Gasteiger charge is 2.28.